The molecule has 0 bridgehead atoms. The molecule has 0 fully saturated rings. The average Bonchev–Trinajstić information content (AvgIpc) is 3.00. The number of rotatable bonds is 3. The molecule has 90 valence electrons. The third-order valence-corrected chi connectivity index (χ3v) is 4.47. The van der Waals surface area contributed by atoms with Crippen LogP contribution in [0.2, 0.25) is 0 Å². The van der Waals surface area contributed by atoms with Gasteiger partial charge in [-0.05, 0) is 0 Å². The molecule has 6 heteroatoms. The SMILES string of the molecule is COc1csc(-c2scc(OC)c2C#N)c1C#N. The molecule has 0 atom stereocenters. The van der Waals surface area contributed by atoms with E-state index in [1.807, 2.05) is 0 Å². The zero-order valence-electron chi connectivity index (χ0n) is 9.68. The highest BCUT2D eigenvalue weighted by atomic mass is 32.1. The van der Waals surface area contributed by atoms with Gasteiger partial charge in [-0.2, -0.15) is 10.5 Å². The maximum atomic E-state index is 9.18. The van der Waals surface area contributed by atoms with E-state index >= 15 is 0 Å². The zero-order chi connectivity index (χ0) is 13.1. The lowest BCUT2D eigenvalue weighted by atomic mass is 10.2. The molecule has 0 spiro atoms. The van der Waals surface area contributed by atoms with Crippen LogP contribution < -0.4 is 9.47 Å². The number of ether oxygens (including phenoxy) is 2. The molecule has 0 saturated carbocycles. The predicted molar refractivity (Wildman–Crippen MR) is 70.2 cm³/mol. The molecule has 0 aromatic carbocycles. The lowest BCUT2D eigenvalue weighted by molar-refractivity contribution is 0.415. The van der Waals surface area contributed by atoms with Crippen molar-refractivity contribution in [2.45, 2.75) is 0 Å². The van der Waals surface area contributed by atoms with Crippen molar-refractivity contribution in [1.29, 1.82) is 10.5 Å². The average molecular weight is 276 g/mol. The van der Waals surface area contributed by atoms with E-state index in [0.29, 0.717) is 22.6 Å². The van der Waals surface area contributed by atoms with E-state index in [9.17, 15) is 10.5 Å². The van der Waals surface area contributed by atoms with Crippen molar-refractivity contribution < 1.29 is 9.47 Å². The Hall–Kier alpha value is -2.02. The van der Waals surface area contributed by atoms with Crippen LogP contribution in [-0.4, -0.2) is 14.2 Å². The molecule has 4 nitrogen and oxygen atoms in total. The Bertz CT molecular complexity index is 600. The Balaban J connectivity index is 2.64. The topological polar surface area (TPSA) is 66.0 Å². The van der Waals surface area contributed by atoms with Crippen molar-refractivity contribution >= 4 is 22.7 Å². The summed E-state index contributed by atoms with van der Waals surface area (Å²) in [7, 11) is 3.04. The Kier molecular flexibility index (Phi) is 3.52. The first-order valence-electron chi connectivity index (χ1n) is 4.88. The molecule has 2 heterocycles. The quantitative estimate of drug-likeness (QED) is 0.863. The molecule has 2 rings (SSSR count). The van der Waals surface area contributed by atoms with E-state index in [1.165, 1.54) is 36.9 Å². The minimum Gasteiger partial charge on any atom is -0.494 e. The number of thiophene rings is 2. The largest absolute Gasteiger partial charge is 0.494 e. The van der Waals surface area contributed by atoms with Crippen LogP contribution in [0.3, 0.4) is 0 Å². The van der Waals surface area contributed by atoms with Crippen molar-refractivity contribution in [3.63, 3.8) is 0 Å². The Labute approximate surface area is 112 Å². The summed E-state index contributed by atoms with van der Waals surface area (Å²) in [5.41, 5.74) is 0.923. The fourth-order valence-corrected chi connectivity index (χ4v) is 3.64. The molecule has 0 aliphatic carbocycles. The van der Waals surface area contributed by atoms with Gasteiger partial charge in [0.25, 0.3) is 0 Å². The van der Waals surface area contributed by atoms with Crippen molar-refractivity contribution in [1.82, 2.24) is 0 Å². The van der Waals surface area contributed by atoms with Crippen LogP contribution in [0.15, 0.2) is 10.8 Å². The smallest absolute Gasteiger partial charge is 0.148 e. The van der Waals surface area contributed by atoms with Crippen molar-refractivity contribution in [2.24, 2.45) is 0 Å². The van der Waals surface area contributed by atoms with E-state index in [1.54, 1.807) is 10.8 Å². The summed E-state index contributed by atoms with van der Waals surface area (Å²) in [6.07, 6.45) is 0. The second kappa shape index (κ2) is 5.09. The molecule has 2 aromatic rings. The second-order valence-corrected chi connectivity index (χ2v) is 5.00. The summed E-state index contributed by atoms with van der Waals surface area (Å²) < 4.78 is 10.2. The lowest BCUT2D eigenvalue weighted by Crippen LogP contribution is -1.86. The number of nitriles is 2. The maximum absolute atomic E-state index is 9.18. The van der Waals surface area contributed by atoms with Gasteiger partial charge in [-0.15, -0.1) is 22.7 Å². The summed E-state index contributed by atoms with van der Waals surface area (Å²) in [5, 5.41) is 21.9. The van der Waals surface area contributed by atoms with Gasteiger partial charge in [-0.3, -0.25) is 0 Å². The van der Waals surface area contributed by atoms with Gasteiger partial charge in [0, 0.05) is 10.8 Å². The standard InChI is InChI=1S/C12H8N2O2S2/c1-15-9-5-17-11(7(9)3-13)12-8(4-14)10(16-2)6-18-12/h5-6H,1-2H3. The van der Waals surface area contributed by atoms with Gasteiger partial charge in [0.1, 0.15) is 34.8 Å². The summed E-state index contributed by atoms with van der Waals surface area (Å²) in [6, 6.07) is 4.23. The van der Waals surface area contributed by atoms with E-state index in [0.717, 1.165) is 9.75 Å². The zero-order valence-corrected chi connectivity index (χ0v) is 11.3. The second-order valence-electron chi connectivity index (χ2n) is 3.24. The maximum Gasteiger partial charge on any atom is 0.148 e. The molecule has 0 unspecified atom stereocenters. The molecule has 0 aliphatic rings. The first kappa shape index (κ1) is 12.4. The van der Waals surface area contributed by atoms with Crippen LogP contribution >= 0.6 is 22.7 Å². The monoisotopic (exact) mass is 276 g/mol. The van der Waals surface area contributed by atoms with E-state index in [2.05, 4.69) is 12.1 Å². The van der Waals surface area contributed by atoms with Gasteiger partial charge < -0.3 is 9.47 Å². The molecular weight excluding hydrogens is 268 g/mol. The van der Waals surface area contributed by atoms with Crippen molar-refractivity contribution in [3.05, 3.63) is 21.9 Å². The van der Waals surface area contributed by atoms with Gasteiger partial charge in [-0.1, -0.05) is 0 Å². The van der Waals surface area contributed by atoms with Crippen LogP contribution in [0.1, 0.15) is 11.1 Å². The van der Waals surface area contributed by atoms with Crippen LogP contribution in [-0.2, 0) is 0 Å². The molecule has 0 saturated heterocycles. The summed E-state index contributed by atoms with van der Waals surface area (Å²) >= 11 is 2.78. The fraction of sp³-hybridized carbons (Fsp3) is 0.167. The Morgan fingerprint density at radius 2 is 1.28 bits per heavy atom. The van der Waals surface area contributed by atoms with Crippen molar-refractivity contribution in [2.75, 3.05) is 14.2 Å². The van der Waals surface area contributed by atoms with Gasteiger partial charge in [0.05, 0.1) is 24.0 Å². The summed E-state index contributed by atoms with van der Waals surface area (Å²) in [6.45, 7) is 0. The third-order valence-electron chi connectivity index (χ3n) is 2.38. The number of hydrogen-bond acceptors (Lipinski definition) is 6. The molecular formula is C12H8N2O2S2. The first-order chi connectivity index (χ1) is 8.76. The normalized spacial score (nSPS) is 9.56. The molecule has 0 N–H and O–H groups in total. The van der Waals surface area contributed by atoms with E-state index in [4.69, 9.17) is 9.47 Å². The summed E-state index contributed by atoms with van der Waals surface area (Å²) in [5.74, 6) is 1.07. The summed E-state index contributed by atoms with van der Waals surface area (Å²) in [4.78, 5) is 1.50. The molecule has 2 aromatic heterocycles. The predicted octanol–water partition coefficient (Wildman–Crippen LogP) is 3.24. The lowest BCUT2D eigenvalue weighted by Gasteiger charge is -1.99. The van der Waals surface area contributed by atoms with Crippen LogP contribution in [0, 0.1) is 22.7 Å². The van der Waals surface area contributed by atoms with E-state index < -0.39 is 0 Å². The Morgan fingerprint density at radius 1 is 0.889 bits per heavy atom. The van der Waals surface area contributed by atoms with Crippen LogP contribution in [0.5, 0.6) is 11.5 Å². The fourth-order valence-electron chi connectivity index (χ4n) is 1.53. The third kappa shape index (κ3) is 1.82. The van der Waals surface area contributed by atoms with Gasteiger partial charge >= 0.3 is 0 Å². The number of hydrogen-bond donors (Lipinski definition) is 0. The molecule has 0 amide bonds. The Morgan fingerprint density at radius 3 is 1.56 bits per heavy atom. The van der Waals surface area contributed by atoms with Gasteiger partial charge in [0.2, 0.25) is 0 Å². The van der Waals surface area contributed by atoms with Crippen LogP contribution in [0.25, 0.3) is 9.75 Å². The van der Waals surface area contributed by atoms with Crippen LogP contribution in [0.4, 0.5) is 0 Å². The molecule has 0 radical (unpaired) electrons. The highest BCUT2D eigenvalue weighted by Crippen LogP contribution is 2.44. The first-order valence-corrected chi connectivity index (χ1v) is 6.64. The van der Waals surface area contributed by atoms with E-state index in [-0.39, 0.29) is 0 Å². The minimum atomic E-state index is 0.462. The van der Waals surface area contributed by atoms with Gasteiger partial charge in [-0.25, -0.2) is 0 Å². The minimum absolute atomic E-state index is 0.462. The molecule has 18 heavy (non-hydrogen) atoms. The number of methoxy groups -OCH3 is 2. The van der Waals surface area contributed by atoms with Gasteiger partial charge in [0.15, 0.2) is 0 Å². The number of nitrogens with zero attached hydrogens (tertiary/aromatic N) is 2. The molecule has 0 aliphatic heterocycles. The highest BCUT2D eigenvalue weighted by molar-refractivity contribution is 7.21. The highest BCUT2D eigenvalue weighted by Gasteiger charge is 2.20. The van der Waals surface area contributed by atoms with Crippen molar-refractivity contribution in [3.8, 4) is 33.4 Å².